The highest BCUT2D eigenvalue weighted by Gasteiger charge is 2.39. The number of carbonyl (C=O) groups is 4. The molecule has 21 heavy (non-hydrogen) atoms. The van der Waals surface area contributed by atoms with Gasteiger partial charge in [0.25, 0.3) is 5.91 Å². The quantitative estimate of drug-likeness (QED) is 0.526. The third-order valence-electron chi connectivity index (χ3n) is 2.22. The van der Waals surface area contributed by atoms with E-state index in [0.29, 0.717) is 6.54 Å². The first-order chi connectivity index (χ1) is 9.65. The minimum absolute atomic E-state index is 0.218. The summed E-state index contributed by atoms with van der Waals surface area (Å²) in [5.74, 6) is -4.19. The lowest BCUT2D eigenvalue weighted by Gasteiger charge is -2.22. The molecule has 1 amide bonds. The number of aliphatic carboxylic acids is 1. The number of carboxylic acid groups (broad SMARTS) is 1. The number of carbonyl (C=O) groups excluding carboxylic acids is 3. The molecule has 0 rings (SSSR count). The van der Waals surface area contributed by atoms with Crippen molar-refractivity contribution >= 4 is 23.8 Å². The summed E-state index contributed by atoms with van der Waals surface area (Å²) < 4.78 is 9.21. The fraction of sp³-hybridized carbons (Fsp3) is 0.667. The summed E-state index contributed by atoms with van der Waals surface area (Å²) in [7, 11) is 3.57. The number of hydrogen-bond donors (Lipinski definition) is 2. The van der Waals surface area contributed by atoms with Crippen molar-refractivity contribution in [3.8, 4) is 0 Å². The SMILES string of the molecule is CC(=O)OC(C(=O)O)C(OC(C)=O)C(=O)NCCN(C)C. The minimum Gasteiger partial charge on any atom is -0.478 e. The van der Waals surface area contributed by atoms with Crippen LogP contribution in [-0.2, 0) is 28.7 Å². The molecule has 9 nitrogen and oxygen atoms in total. The van der Waals surface area contributed by atoms with Gasteiger partial charge in [-0.1, -0.05) is 0 Å². The number of nitrogens with zero attached hydrogens (tertiary/aromatic N) is 1. The van der Waals surface area contributed by atoms with E-state index in [2.05, 4.69) is 14.8 Å². The molecule has 0 aromatic rings. The van der Waals surface area contributed by atoms with Gasteiger partial charge in [0.15, 0.2) is 0 Å². The molecule has 0 aromatic heterocycles. The molecule has 0 bridgehead atoms. The van der Waals surface area contributed by atoms with Crippen molar-refractivity contribution in [2.45, 2.75) is 26.1 Å². The van der Waals surface area contributed by atoms with Gasteiger partial charge in [-0.25, -0.2) is 4.79 Å². The van der Waals surface area contributed by atoms with Gasteiger partial charge in [0.1, 0.15) is 0 Å². The number of hydrogen-bond acceptors (Lipinski definition) is 7. The average Bonchev–Trinajstić information content (AvgIpc) is 2.31. The zero-order chi connectivity index (χ0) is 16.6. The second-order valence-corrected chi connectivity index (χ2v) is 4.49. The summed E-state index contributed by atoms with van der Waals surface area (Å²) in [5.41, 5.74) is 0. The topological polar surface area (TPSA) is 122 Å². The standard InChI is InChI=1S/C12H20N2O7/c1-7(15)20-9(10(12(18)19)21-8(2)16)11(17)13-5-6-14(3)4/h9-10H,5-6H2,1-4H3,(H,13,17)(H,18,19). The average molecular weight is 304 g/mol. The van der Waals surface area contributed by atoms with Crippen molar-refractivity contribution in [3.05, 3.63) is 0 Å². The van der Waals surface area contributed by atoms with Crippen LogP contribution in [0.5, 0.6) is 0 Å². The Morgan fingerprint density at radius 1 is 1.05 bits per heavy atom. The van der Waals surface area contributed by atoms with Gasteiger partial charge in [-0.05, 0) is 14.1 Å². The van der Waals surface area contributed by atoms with Crippen molar-refractivity contribution in [1.29, 1.82) is 0 Å². The largest absolute Gasteiger partial charge is 0.478 e. The van der Waals surface area contributed by atoms with Crippen LogP contribution in [-0.4, -0.2) is 73.2 Å². The van der Waals surface area contributed by atoms with Gasteiger partial charge in [-0.2, -0.15) is 0 Å². The molecule has 120 valence electrons. The van der Waals surface area contributed by atoms with Crippen molar-refractivity contribution < 1.29 is 33.8 Å². The molecular weight excluding hydrogens is 284 g/mol. The molecule has 0 radical (unpaired) electrons. The van der Waals surface area contributed by atoms with Crippen molar-refractivity contribution in [3.63, 3.8) is 0 Å². The van der Waals surface area contributed by atoms with Crippen LogP contribution >= 0.6 is 0 Å². The summed E-state index contributed by atoms with van der Waals surface area (Å²) in [5, 5.41) is 11.4. The lowest BCUT2D eigenvalue weighted by molar-refractivity contribution is -0.180. The minimum atomic E-state index is -1.90. The number of carboxylic acids is 1. The van der Waals surface area contributed by atoms with E-state index in [9.17, 15) is 19.2 Å². The van der Waals surface area contributed by atoms with Gasteiger partial charge in [-0.3, -0.25) is 14.4 Å². The van der Waals surface area contributed by atoms with E-state index in [0.717, 1.165) is 13.8 Å². The van der Waals surface area contributed by atoms with E-state index in [-0.39, 0.29) is 6.54 Å². The molecule has 2 unspecified atom stereocenters. The van der Waals surface area contributed by atoms with E-state index < -0.39 is 36.0 Å². The maximum atomic E-state index is 11.9. The van der Waals surface area contributed by atoms with Gasteiger partial charge in [0.2, 0.25) is 12.2 Å². The number of amides is 1. The molecule has 0 aliphatic carbocycles. The third kappa shape index (κ3) is 7.88. The highest BCUT2D eigenvalue weighted by molar-refractivity contribution is 5.90. The maximum Gasteiger partial charge on any atom is 0.349 e. The zero-order valence-electron chi connectivity index (χ0n) is 12.4. The molecule has 0 saturated heterocycles. The molecule has 9 heteroatoms. The number of ether oxygens (including phenoxy) is 2. The summed E-state index contributed by atoms with van der Waals surface area (Å²) in [6, 6.07) is 0. The monoisotopic (exact) mass is 304 g/mol. The van der Waals surface area contributed by atoms with Crippen molar-refractivity contribution in [2.75, 3.05) is 27.2 Å². The molecule has 0 fully saturated rings. The summed E-state index contributed by atoms with van der Waals surface area (Å²) in [6.07, 6.45) is -3.64. The van der Waals surface area contributed by atoms with E-state index in [4.69, 9.17) is 5.11 Å². The zero-order valence-corrected chi connectivity index (χ0v) is 12.4. The Hall–Kier alpha value is -2.16. The van der Waals surface area contributed by atoms with E-state index >= 15 is 0 Å². The molecule has 0 aliphatic heterocycles. The fourth-order valence-electron chi connectivity index (χ4n) is 1.36. The highest BCUT2D eigenvalue weighted by atomic mass is 16.6. The van der Waals surface area contributed by atoms with Gasteiger partial charge < -0.3 is 24.8 Å². The normalized spacial score (nSPS) is 13.2. The van der Waals surface area contributed by atoms with Gasteiger partial charge >= 0.3 is 17.9 Å². The lowest BCUT2D eigenvalue weighted by Crippen LogP contribution is -2.50. The van der Waals surface area contributed by atoms with Crippen LogP contribution in [0, 0.1) is 0 Å². The summed E-state index contributed by atoms with van der Waals surface area (Å²) >= 11 is 0. The smallest absolute Gasteiger partial charge is 0.349 e. The molecule has 0 heterocycles. The fourth-order valence-corrected chi connectivity index (χ4v) is 1.36. The first kappa shape index (κ1) is 18.8. The molecular formula is C12H20N2O7. The summed E-state index contributed by atoms with van der Waals surface area (Å²) in [4.78, 5) is 46.7. The predicted octanol–water partition coefficient (Wildman–Crippen LogP) is -1.39. The van der Waals surface area contributed by atoms with Crippen LogP contribution in [0.2, 0.25) is 0 Å². The number of nitrogens with one attached hydrogen (secondary N) is 1. The second kappa shape index (κ2) is 8.90. The van der Waals surface area contributed by atoms with E-state index in [1.165, 1.54) is 0 Å². The first-order valence-corrected chi connectivity index (χ1v) is 6.14. The Morgan fingerprint density at radius 3 is 1.90 bits per heavy atom. The Bertz CT molecular complexity index is 408. The van der Waals surface area contributed by atoms with Crippen LogP contribution in [0.3, 0.4) is 0 Å². The third-order valence-corrected chi connectivity index (χ3v) is 2.22. The predicted molar refractivity (Wildman–Crippen MR) is 70.3 cm³/mol. The van der Waals surface area contributed by atoms with E-state index in [1.54, 1.807) is 19.0 Å². The van der Waals surface area contributed by atoms with Crippen LogP contribution in [0.1, 0.15) is 13.8 Å². The van der Waals surface area contributed by atoms with Crippen molar-refractivity contribution in [1.82, 2.24) is 10.2 Å². The lowest BCUT2D eigenvalue weighted by atomic mass is 10.2. The Balaban J connectivity index is 4.96. The molecule has 0 aliphatic rings. The highest BCUT2D eigenvalue weighted by Crippen LogP contribution is 2.07. The molecule has 2 atom stereocenters. The molecule has 0 aromatic carbocycles. The molecule has 2 N–H and O–H groups in total. The Labute approximate surface area is 122 Å². The first-order valence-electron chi connectivity index (χ1n) is 6.14. The van der Waals surface area contributed by atoms with Crippen LogP contribution in [0.4, 0.5) is 0 Å². The second-order valence-electron chi connectivity index (χ2n) is 4.49. The summed E-state index contributed by atoms with van der Waals surface area (Å²) in [6.45, 7) is 2.73. The maximum absolute atomic E-state index is 11.9. The number of likely N-dealkylation sites (N-methyl/N-ethyl adjacent to an activating group) is 1. The molecule has 0 spiro atoms. The van der Waals surface area contributed by atoms with Gasteiger partial charge in [0, 0.05) is 26.9 Å². The van der Waals surface area contributed by atoms with Crippen LogP contribution in [0.25, 0.3) is 0 Å². The number of esters is 2. The number of rotatable bonds is 8. The van der Waals surface area contributed by atoms with Crippen LogP contribution in [0.15, 0.2) is 0 Å². The van der Waals surface area contributed by atoms with Crippen LogP contribution < -0.4 is 5.32 Å². The Morgan fingerprint density at radius 2 is 1.52 bits per heavy atom. The van der Waals surface area contributed by atoms with Gasteiger partial charge in [0.05, 0.1) is 0 Å². The van der Waals surface area contributed by atoms with Gasteiger partial charge in [-0.15, -0.1) is 0 Å². The van der Waals surface area contributed by atoms with E-state index in [1.807, 2.05) is 0 Å². The Kier molecular flexibility index (Phi) is 7.99. The molecule has 0 saturated carbocycles. The van der Waals surface area contributed by atoms with Crippen molar-refractivity contribution in [2.24, 2.45) is 0 Å².